The second-order valence-corrected chi connectivity index (χ2v) is 6.19. The van der Waals surface area contributed by atoms with Gasteiger partial charge in [0.05, 0.1) is 16.2 Å². The first kappa shape index (κ1) is 14.7. The highest BCUT2D eigenvalue weighted by atomic mass is 32.2. The number of thioether (sulfide) groups is 1. The van der Waals surface area contributed by atoms with Crippen molar-refractivity contribution in [3.63, 3.8) is 0 Å². The predicted octanol–water partition coefficient (Wildman–Crippen LogP) is 4.05. The van der Waals surface area contributed by atoms with E-state index in [2.05, 4.69) is 9.97 Å². The van der Waals surface area contributed by atoms with Gasteiger partial charge in [0, 0.05) is 11.0 Å². The molecule has 1 N–H and O–H groups in total. The van der Waals surface area contributed by atoms with E-state index in [1.54, 1.807) is 31.2 Å². The largest absolute Gasteiger partial charge is 0.309 e. The normalized spacial score (nSPS) is 12.5. The zero-order valence-corrected chi connectivity index (χ0v) is 12.5. The van der Waals surface area contributed by atoms with Crippen LogP contribution < -0.4 is 5.56 Å². The van der Waals surface area contributed by atoms with Gasteiger partial charge in [-0.25, -0.2) is 13.8 Å². The molecule has 0 aliphatic carbocycles. The van der Waals surface area contributed by atoms with Crippen molar-refractivity contribution < 1.29 is 8.78 Å². The van der Waals surface area contributed by atoms with Crippen LogP contribution in [0.25, 0.3) is 10.9 Å². The molecule has 6 heteroatoms. The van der Waals surface area contributed by atoms with Crippen molar-refractivity contribution >= 4 is 22.7 Å². The maximum Gasteiger partial charge on any atom is 0.258 e. The standard InChI is InChI=1S/C16H12F2N2OS/c1-9(22-14-7-6-10(17)8-12(14)18)15-19-13-5-3-2-4-11(13)16(21)20-15/h2-9H,1H3,(H,19,20,21)/t9-/m1/s1. The Morgan fingerprint density at radius 2 is 1.95 bits per heavy atom. The van der Waals surface area contributed by atoms with Crippen molar-refractivity contribution in [3.05, 3.63) is 70.3 Å². The van der Waals surface area contributed by atoms with Crippen LogP contribution >= 0.6 is 11.8 Å². The van der Waals surface area contributed by atoms with Crippen molar-refractivity contribution in [2.45, 2.75) is 17.1 Å². The minimum atomic E-state index is -0.625. The van der Waals surface area contributed by atoms with Gasteiger partial charge in [-0.1, -0.05) is 12.1 Å². The molecule has 0 spiro atoms. The predicted molar refractivity (Wildman–Crippen MR) is 83.0 cm³/mol. The molecular weight excluding hydrogens is 306 g/mol. The molecule has 22 heavy (non-hydrogen) atoms. The minimum absolute atomic E-state index is 0.229. The molecule has 0 fully saturated rings. The summed E-state index contributed by atoms with van der Waals surface area (Å²) in [6.45, 7) is 1.81. The molecule has 3 nitrogen and oxygen atoms in total. The second kappa shape index (κ2) is 5.88. The molecule has 3 aromatic rings. The lowest BCUT2D eigenvalue weighted by molar-refractivity contribution is 0.565. The highest BCUT2D eigenvalue weighted by Gasteiger charge is 2.15. The molecule has 3 rings (SSSR count). The third-order valence-corrected chi connectivity index (χ3v) is 4.38. The maximum atomic E-state index is 13.7. The summed E-state index contributed by atoms with van der Waals surface area (Å²) in [6, 6.07) is 10.4. The molecule has 0 aliphatic heterocycles. The van der Waals surface area contributed by atoms with E-state index in [0.29, 0.717) is 21.6 Å². The highest BCUT2D eigenvalue weighted by Crippen LogP contribution is 2.34. The van der Waals surface area contributed by atoms with E-state index in [0.717, 1.165) is 6.07 Å². The fourth-order valence-electron chi connectivity index (χ4n) is 2.11. The topological polar surface area (TPSA) is 45.8 Å². The van der Waals surface area contributed by atoms with Crippen LogP contribution in [-0.4, -0.2) is 9.97 Å². The molecule has 1 aromatic heterocycles. The van der Waals surface area contributed by atoms with E-state index >= 15 is 0 Å². The van der Waals surface area contributed by atoms with Crippen LogP contribution in [0.3, 0.4) is 0 Å². The monoisotopic (exact) mass is 318 g/mol. The summed E-state index contributed by atoms with van der Waals surface area (Å²) in [5.74, 6) is -0.788. The van der Waals surface area contributed by atoms with E-state index in [1.165, 1.54) is 23.9 Å². The zero-order chi connectivity index (χ0) is 15.7. The fraction of sp³-hybridized carbons (Fsp3) is 0.125. The van der Waals surface area contributed by atoms with E-state index in [1.807, 2.05) is 0 Å². The van der Waals surface area contributed by atoms with E-state index in [-0.39, 0.29) is 10.8 Å². The number of nitrogens with one attached hydrogen (secondary N) is 1. The smallest absolute Gasteiger partial charge is 0.258 e. The number of halogens is 2. The Hall–Kier alpha value is -2.21. The summed E-state index contributed by atoms with van der Waals surface area (Å²) in [5, 5.41) is 0.230. The Labute approximate surface area is 129 Å². The van der Waals surface area contributed by atoms with E-state index < -0.39 is 11.6 Å². The fourth-order valence-corrected chi connectivity index (χ4v) is 3.04. The van der Waals surface area contributed by atoms with Crippen molar-refractivity contribution in [2.24, 2.45) is 0 Å². The molecule has 1 heterocycles. The van der Waals surface area contributed by atoms with Crippen LogP contribution in [0.15, 0.2) is 52.2 Å². The Balaban J connectivity index is 1.95. The Kier molecular flexibility index (Phi) is 3.94. The molecule has 112 valence electrons. The molecule has 0 saturated carbocycles. The number of benzene rings is 2. The summed E-state index contributed by atoms with van der Waals surface area (Å²) >= 11 is 1.17. The Bertz CT molecular complexity index is 895. The van der Waals surface area contributed by atoms with Gasteiger partial charge in [-0.05, 0) is 31.2 Å². The first-order chi connectivity index (χ1) is 10.5. The first-order valence-corrected chi connectivity index (χ1v) is 7.53. The quantitative estimate of drug-likeness (QED) is 0.741. The van der Waals surface area contributed by atoms with Crippen molar-refractivity contribution in [1.29, 1.82) is 0 Å². The van der Waals surface area contributed by atoms with Gasteiger partial charge in [0.25, 0.3) is 5.56 Å². The average molecular weight is 318 g/mol. The number of hydrogen-bond acceptors (Lipinski definition) is 3. The number of para-hydroxylation sites is 1. The first-order valence-electron chi connectivity index (χ1n) is 6.65. The van der Waals surface area contributed by atoms with Crippen LogP contribution in [0, 0.1) is 11.6 Å². The van der Waals surface area contributed by atoms with Crippen molar-refractivity contribution in [1.82, 2.24) is 9.97 Å². The minimum Gasteiger partial charge on any atom is -0.309 e. The molecule has 0 radical (unpaired) electrons. The van der Waals surface area contributed by atoms with Crippen LogP contribution in [0.5, 0.6) is 0 Å². The Morgan fingerprint density at radius 3 is 2.73 bits per heavy atom. The SMILES string of the molecule is C[C@@H](Sc1ccc(F)cc1F)c1nc2ccccc2c(=O)[nH]1. The summed E-state index contributed by atoms with van der Waals surface area (Å²) in [6.07, 6.45) is 0. The lowest BCUT2D eigenvalue weighted by Gasteiger charge is -2.11. The third kappa shape index (κ3) is 2.87. The van der Waals surface area contributed by atoms with Crippen LogP contribution in [-0.2, 0) is 0 Å². The molecule has 0 saturated heterocycles. The summed E-state index contributed by atoms with van der Waals surface area (Å²) in [4.78, 5) is 19.5. The van der Waals surface area contributed by atoms with Gasteiger partial charge in [0.2, 0.25) is 0 Å². The highest BCUT2D eigenvalue weighted by molar-refractivity contribution is 7.99. The second-order valence-electron chi connectivity index (χ2n) is 4.80. The number of nitrogens with zero attached hydrogens (tertiary/aromatic N) is 1. The van der Waals surface area contributed by atoms with Crippen LogP contribution in [0.1, 0.15) is 18.0 Å². The summed E-state index contributed by atoms with van der Waals surface area (Å²) < 4.78 is 26.6. The van der Waals surface area contributed by atoms with E-state index in [9.17, 15) is 13.6 Å². The number of fused-ring (bicyclic) bond motifs is 1. The number of aromatic amines is 1. The van der Waals surface area contributed by atoms with Gasteiger partial charge in [-0.15, -0.1) is 11.8 Å². The molecule has 1 atom stereocenters. The number of H-pyrrole nitrogens is 1. The maximum absolute atomic E-state index is 13.7. The molecular formula is C16H12F2N2OS. The van der Waals surface area contributed by atoms with E-state index in [4.69, 9.17) is 0 Å². The lowest BCUT2D eigenvalue weighted by Crippen LogP contribution is -2.12. The van der Waals surface area contributed by atoms with Crippen LogP contribution in [0.4, 0.5) is 8.78 Å². The molecule has 2 aromatic carbocycles. The zero-order valence-electron chi connectivity index (χ0n) is 11.6. The van der Waals surface area contributed by atoms with Crippen molar-refractivity contribution in [2.75, 3.05) is 0 Å². The van der Waals surface area contributed by atoms with Gasteiger partial charge in [0.15, 0.2) is 0 Å². The molecule has 0 aliphatic rings. The van der Waals surface area contributed by atoms with Gasteiger partial charge >= 0.3 is 0 Å². The summed E-state index contributed by atoms with van der Waals surface area (Å²) in [7, 11) is 0. The van der Waals surface area contributed by atoms with Gasteiger partial charge in [-0.3, -0.25) is 4.79 Å². The third-order valence-electron chi connectivity index (χ3n) is 3.21. The number of rotatable bonds is 3. The van der Waals surface area contributed by atoms with Gasteiger partial charge < -0.3 is 4.98 Å². The lowest BCUT2D eigenvalue weighted by atomic mass is 10.2. The van der Waals surface area contributed by atoms with Crippen molar-refractivity contribution in [3.8, 4) is 0 Å². The molecule has 0 bridgehead atoms. The number of hydrogen-bond donors (Lipinski definition) is 1. The van der Waals surface area contributed by atoms with Crippen LogP contribution in [0.2, 0.25) is 0 Å². The molecule has 0 unspecified atom stereocenters. The average Bonchev–Trinajstić information content (AvgIpc) is 2.50. The molecule has 0 amide bonds. The van der Waals surface area contributed by atoms with Gasteiger partial charge in [0.1, 0.15) is 17.5 Å². The number of aromatic nitrogens is 2. The summed E-state index contributed by atoms with van der Waals surface area (Å²) in [5.41, 5.74) is 0.362. The van der Waals surface area contributed by atoms with Gasteiger partial charge in [-0.2, -0.15) is 0 Å². The Morgan fingerprint density at radius 1 is 1.18 bits per heavy atom.